The van der Waals surface area contributed by atoms with Crippen molar-refractivity contribution in [3.63, 3.8) is 0 Å². The lowest BCUT2D eigenvalue weighted by molar-refractivity contribution is 0.269. The number of anilines is 1. The van der Waals surface area contributed by atoms with E-state index in [0.717, 1.165) is 47.6 Å². The number of hydrogen-bond acceptors (Lipinski definition) is 8. The van der Waals surface area contributed by atoms with Gasteiger partial charge in [0.25, 0.3) is 20.2 Å². The molecule has 3 aliphatic heterocycles. The zero-order chi connectivity index (χ0) is 38.1. The highest BCUT2D eigenvalue weighted by atomic mass is 32.2. The van der Waals surface area contributed by atoms with Crippen LogP contribution in [0, 0.1) is 5.92 Å². The second-order valence-corrected chi connectivity index (χ2v) is 19.6. The van der Waals surface area contributed by atoms with Crippen molar-refractivity contribution < 1.29 is 34.4 Å². The molecule has 2 aromatic carbocycles. The predicted octanol–water partition coefficient (Wildman–Crippen LogP) is 7.13. The van der Waals surface area contributed by atoms with E-state index in [-0.39, 0.29) is 17.1 Å². The second-order valence-electron chi connectivity index (χ2n) is 14.7. The lowest BCUT2D eigenvalue weighted by atomic mass is 9.81. The quantitative estimate of drug-likeness (QED) is 0.123. The molecule has 2 aromatic rings. The molecule has 0 atom stereocenters. The Bertz CT molecular complexity index is 2170. The number of piperidine rings is 1. The number of sulfonamides is 1. The van der Waals surface area contributed by atoms with Gasteiger partial charge in [0.2, 0.25) is 10.0 Å². The number of fused-ring (bicyclic) bond motifs is 2. The van der Waals surface area contributed by atoms with Crippen LogP contribution in [-0.2, 0) is 41.1 Å². The molecule has 11 nitrogen and oxygen atoms in total. The average molecular weight is 772 g/mol. The maximum absolute atomic E-state index is 13.5. The Morgan fingerprint density at radius 1 is 0.808 bits per heavy atom. The van der Waals surface area contributed by atoms with Gasteiger partial charge in [-0.3, -0.25) is 14.1 Å². The van der Waals surface area contributed by atoms with Gasteiger partial charge < -0.3 is 4.90 Å². The smallest absolute Gasteiger partial charge is 0.294 e. The van der Waals surface area contributed by atoms with E-state index in [9.17, 15) is 29.8 Å². The van der Waals surface area contributed by atoms with E-state index in [1.807, 2.05) is 75.1 Å². The molecule has 3 heterocycles. The van der Waals surface area contributed by atoms with Crippen LogP contribution in [-0.4, -0.2) is 69.8 Å². The molecule has 2 N–H and O–H groups in total. The molecule has 282 valence electrons. The minimum atomic E-state index is -4.42. The van der Waals surface area contributed by atoms with Crippen molar-refractivity contribution in [2.24, 2.45) is 10.9 Å². The SMILES string of the molecule is CCC1CCN(S(=O)(=O)c2ccc3c(c2)C(C)(C)C(/C=C/C=C/C=C/C=C2/N(CCCCS(=O)(=O)O)c4ccc(S(=O)(=O)O)cc4C2(C)C)=N3)CC1. The van der Waals surface area contributed by atoms with Crippen LogP contribution >= 0.6 is 0 Å². The molecule has 0 aliphatic carbocycles. The van der Waals surface area contributed by atoms with Crippen molar-refractivity contribution in [1.29, 1.82) is 0 Å². The highest BCUT2D eigenvalue weighted by Gasteiger charge is 2.40. The number of allylic oxidation sites excluding steroid dienone is 8. The van der Waals surface area contributed by atoms with E-state index in [2.05, 4.69) is 6.92 Å². The zero-order valence-corrected chi connectivity index (χ0v) is 32.8. The molecule has 14 heteroatoms. The van der Waals surface area contributed by atoms with Crippen molar-refractivity contribution in [2.75, 3.05) is 30.3 Å². The Hall–Kier alpha value is -3.40. The Morgan fingerprint density at radius 3 is 2.10 bits per heavy atom. The molecule has 0 saturated carbocycles. The molecule has 52 heavy (non-hydrogen) atoms. The van der Waals surface area contributed by atoms with Crippen molar-refractivity contribution in [3.05, 3.63) is 95.8 Å². The van der Waals surface area contributed by atoms with Gasteiger partial charge in [-0.1, -0.05) is 71.4 Å². The molecule has 1 saturated heterocycles. The van der Waals surface area contributed by atoms with E-state index in [1.54, 1.807) is 28.6 Å². The Labute approximate surface area is 309 Å². The van der Waals surface area contributed by atoms with Crippen LogP contribution in [0.15, 0.2) is 99.4 Å². The third-order valence-corrected chi connectivity index (χ3v) is 14.0. The molecular formula is C38H49N3O8S3. The first-order valence-electron chi connectivity index (χ1n) is 17.6. The summed E-state index contributed by atoms with van der Waals surface area (Å²) in [7, 11) is -12.1. The maximum atomic E-state index is 13.5. The number of rotatable bonds is 13. The molecule has 0 radical (unpaired) electrons. The molecule has 0 bridgehead atoms. The van der Waals surface area contributed by atoms with Gasteiger partial charge in [-0.2, -0.15) is 21.1 Å². The van der Waals surface area contributed by atoms with Gasteiger partial charge in [0.05, 0.1) is 26.9 Å². The van der Waals surface area contributed by atoms with Gasteiger partial charge in [0.1, 0.15) is 0 Å². The van der Waals surface area contributed by atoms with E-state index < -0.39 is 41.1 Å². The molecule has 0 amide bonds. The van der Waals surface area contributed by atoms with Crippen molar-refractivity contribution in [2.45, 2.75) is 87.3 Å². The van der Waals surface area contributed by atoms with Gasteiger partial charge in [0, 0.05) is 41.8 Å². The summed E-state index contributed by atoms with van der Waals surface area (Å²) in [5, 5.41) is 0. The van der Waals surface area contributed by atoms with Crippen LogP contribution in [0.3, 0.4) is 0 Å². The summed E-state index contributed by atoms with van der Waals surface area (Å²) in [6.45, 7) is 11.7. The minimum absolute atomic E-state index is 0.205. The number of hydrogen-bond donors (Lipinski definition) is 2. The summed E-state index contributed by atoms with van der Waals surface area (Å²) < 4.78 is 93.7. The summed E-state index contributed by atoms with van der Waals surface area (Å²) in [5.41, 5.74) is 3.63. The van der Waals surface area contributed by atoms with Crippen LogP contribution in [0.1, 0.15) is 77.8 Å². The normalized spacial score (nSPS) is 20.4. The summed E-state index contributed by atoms with van der Waals surface area (Å²) in [6.07, 6.45) is 16.7. The summed E-state index contributed by atoms with van der Waals surface area (Å²) >= 11 is 0. The maximum Gasteiger partial charge on any atom is 0.294 e. The Kier molecular flexibility index (Phi) is 11.6. The van der Waals surface area contributed by atoms with Gasteiger partial charge in [-0.15, -0.1) is 0 Å². The third-order valence-electron chi connectivity index (χ3n) is 10.5. The molecule has 0 unspecified atom stereocenters. The third kappa shape index (κ3) is 8.53. The Balaban J connectivity index is 1.29. The lowest BCUT2D eigenvalue weighted by Crippen LogP contribution is -2.38. The van der Waals surface area contributed by atoms with Gasteiger partial charge in [0.15, 0.2) is 0 Å². The largest absolute Gasteiger partial charge is 0.344 e. The second kappa shape index (κ2) is 15.2. The van der Waals surface area contributed by atoms with E-state index in [4.69, 9.17) is 9.55 Å². The number of unbranched alkanes of at least 4 members (excludes halogenated alkanes) is 1. The lowest BCUT2D eigenvalue weighted by Gasteiger charge is -2.31. The minimum Gasteiger partial charge on any atom is -0.344 e. The Morgan fingerprint density at radius 2 is 1.44 bits per heavy atom. The summed E-state index contributed by atoms with van der Waals surface area (Å²) in [5.74, 6) is 0.223. The van der Waals surface area contributed by atoms with Gasteiger partial charge in [-0.05, 0) is 91.3 Å². The first-order valence-corrected chi connectivity index (χ1v) is 22.1. The molecular weight excluding hydrogens is 723 g/mol. The number of nitrogens with zero attached hydrogens (tertiary/aromatic N) is 3. The van der Waals surface area contributed by atoms with Gasteiger partial charge in [-0.25, -0.2) is 8.42 Å². The van der Waals surface area contributed by atoms with E-state index in [1.165, 1.54) is 12.1 Å². The fourth-order valence-corrected chi connectivity index (χ4v) is 9.80. The molecule has 0 spiro atoms. The molecule has 0 aromatic heterocycles. The van der Waals surface area contributed by atoms with Crippen LogP contribution in [0.4, 0.5) is 11.4 Å². The van der Waals surface area contributed by atoms with E-state index in [0.29, 0.717) is 42.4 Å². The van der Waals surface area contributed by atoms with Gasteiger partial charge >= 0.3 is 0 Å². The topological polar surface area (TPSA) is 162 Å². The average Bonchev–Trinajstić information content (AvgIpc) is 3.45. The first-order chi connectivity index (χ1) is 24.3. The fraction of sp³-hybridized carbons (Fsp3) is 0.447. The molecule has 3 aliphatic rings. The highest BCUT2D eigenvalue weighted by molar-refractivity contribution is 7.89. The van der Waals surface area contributed by atoms with Crippen LogP contribution in [0.2, 0.25) is 0 Å². The van der Waals surface area contributed by atoms with Crippen LogP contribution in [0.5, 0.6) is 0 Å². The van der Waals surface area contributed by atoms with Crippen molar-refractivity contribution >= 4 is 47.3 Å². The summed E-state index contributed by atoms with van der Waals surface area (Å²) in [4.78, 5) is 6.91. The molecule has 1 fully saturated rings. The molecule has 5 rings (SSSR count). The van der Waals surface area contributed by atoms with Crippen molar-refractivity contribution in [1.82, 2.24) is 4.31 Å². The monoisotopic (exact) mass is 771 g/mol. The number of benzene rings is 2. The van der Waals surface area contributed by atoms with E-state index >= 15 is 0 Å². The predicted molar refractivity (Wildman–Crippen MR) is 206 cm³/mol. The van der Waals surface area contributed by atoms with Crippen molar-refractivity contribution in [3.8, 4) is 0 Å². The highest BCUT2D eigenvalue weighted by Crippen LogP contribution is 2.48. The standard InChI is InChI=1S/C38H49N3O8S3/c1-6-28-20-23-40(24-21-28)51(45,46)29-16-18-33-31(26-29)37(2,3)35(39-33)14-10-8-7-9-11-15-36-38(4,5)32-27-30(52(47,48)49)17-19-34(32)41(36)22-12-13-25-50(42,43)44/h7-11,14-19,26-28H,6,12-13,20-25H2,1-5H3,(H,42,43,44)(H,47,48,49)/b8-7+,11-9+,14-10+,36-15+. The zero-order valence-electron chi connectivity index (χ0n) is 30.4. The number of aliphatic imine (C=N–C) groups is 1. The fourth-order valence-electron chi connectivity index (χ4n) is 7.23. The first kappa shape index (κ1) is 39.8. The summed E-state index contributed by atoms with van der Waals surface area (Å²) in [6, 6.07) is 9.67. The van der Waals surface area contributed by atoms with Crippen LogP contribution < -0.4 is 4.90 Å². The van der Waals surface area contributed by atoms with Crippen LogP contribution in [0.25, 0.3) is 0 Å².